The number of nitrogens with one attached hydrogen (secondary N) is 1. The van der Waals surface area contributed by atoms with Gasteiger partial charge >= 0.3 is 0 Å². The third kappa shape index (κ3) is 3.47. The van der Waals surface area contributed by atoms with E-state index in [-0.39, 0.29) is 5.91 Å². The summed E-state index contributed by atoms with van der Waals surface area (Å²) in [6.45, 7) is 4.69. The molecule has 0 spiro atoms. The zero-order valence-corrected chi connectivity index (χ0v) is 11.4. The average Bonchev–Trinajstić information content (AvgIpc) is 2.37. The molecule has 1 heterocycles. The zero-order valence-electron chi connectivity index (χ0n) is 10.7. The minimum absolute atomic E-state index is 0.240. The fraction of sp³-hybridized carbons (Fsp3) is 0.500. The number of halogens is 1. The number of carbonyl (C=O) groups is 1. The van der Waals surface area contributed by atoms with Crippen molar-refractivity contribution in [2.75, 3.05) is 19.6 Å². The standard InChI is InChI=1S/C14H19ClN2O/c1-11-10-16-7-8-17(11)14(18)6-5-12-3-2-4-13(15)9-12/h2-4,9,11,16H,5-8,10H2,1H3/t11-/m0/s1. The first kappa shape index (κ1) is 13.4. The van der Waals surface area contributed by atoms with Gasteiger partial charge in [0.15, 0.2) is 0 Å². The van der Waals surface area contributed by atoms with Crippen LogP contribution in [-0.2, 0) is 11.2 Å². The first-order valence-corrected chi connectivity index (χ1v) is 6.79. The molecule has 4 heteroatoms. The highest BCUT2D eigenvalue weighted by atomic mass is 35.5. The third-order valence-electron chi connectivity index (χ3n) is 3.34. The Labute approximate surface area is 113 Å². The van der Waals surface area contributed by atoms with Crippen molar-refractivity contribution in [3.63, 3.8) is 0 Å². The molecule has 1 aromatic rings. The molecule has 0 aromatic heterocycles. The molecular weight excluding hydrogens is 248 g/mol. The molecule has 1 aromatic carbocycles. The number of piperazine rings is 1. The summed E-state index contributed by atoms with van der Waals surface area (Å²) in [5.74, 6) is 0.240. The zero-order chi connectivity index (χ0) is 13.0. The Morgan fingerprint density at radius 1 is 1.56 bits per heavy atom. The predicted molar refractivity (Wildman–Crippen MR) is 73.8 cm³/mol. The maximum atomic E-state index is 12.1. The lowest BCUT2D eigenvalue weighted by molar-refractivity contribution is -0.133. The molecule has 1 N–H and O–H groups in total. The van der Waals surface area contributed by atoms with E-state index in [1.165, 1.54) is 0 Å². The van der Waals surface area contributed by atoms with Crippen LogP contribution in [0.2, 0.25) is 5.02 Å². The summed E-state index contributed by atoms with van der Waals surface area (Å²) in [7, 11) is 0. The van der Waals surface area contributed by atoms with E-state index in [0.717, 1.165) is 36.6 Å². The van der Waals surface area contributed by atoms with Crippen LogP contribution in [0.5, 0.6) is 0 Å². The van der Waals surface area contributed by atoms with Gasteiger partial charge in [0.05, 0.1) is 0 Å². The van der Waals surface area contributed by atoms with Crippen molar-refractivity contribution >= 4 is 17.5 Å². The summed E-state index contributed by atoms with van der Waals surface area (Å²) >= 11 is 5.93. The van der Waals surface area contributed by atoms with Gasteiger partial charge in [0.25, 0.3) is 0 Å². The molecule has 0 unspecified atom stereocenters. The number of hydrogen-bond acceptors (Lipinski definition) is 2. The summed E-state index contributed by atoms with van der Waals surface area (Å²) in [5.41, 5.74) is 1.12. The smallest absolute Gasteiger partial charge is 0.223 e. The first-order chi connectivity index (χ1) is 8.66. The van der Waals surface area contributed by atoms with Crippen LogP contribution in [0.3, 0.4) is 0 Å². The number of benzene rings is 1. The van der Waals surface area contributed by atoms with Gasteiger partial charge in [-0.15, -0.1) is 0 Å². The van der Waals surface area contributed by atoms with Crippen molar-refractivity contribution in [2.24, 2.45) is 0 Å². The number of amides is 1. The number of rotatable bonds is 3. The van der Waals surface area contributed by atoms with Crippen molar-refractivity contribution in [1.82, 2.24) is 10.2 Å². The lowest BCUT2D eigenvalue weighted by atomic mass is 10.1. The van der Waals surface area contributed by atoms with E-state index in [2.05, 4.69) is 12.2 Å². The van der Waals surface area contributed by atoms with E-state index < -0.39 is 0 Å². The summed E-state index contributed by atoms with van der Waals surface area (Å²) in [4.78, 5) is 14.1. The Morgan fingerprint density at radius 2 is 2.39 bits per heavy atom. The van der Waals surface area contributed by atoms with E-state index in [9.17, 15) is 4.79 Å². The molecule has 0 aliphatic carbocycles. The predicted octanol–water partition coefficient (Wildman–Crippen LogP) is 2.09. The Hall–Kier alpha value is -1.06. The second-order valence-electron chi connectivity index (χ2n) is 4.77. The lowest BCUT2D eigenvalue weighted by Crippen LogP contribution is -2.52. The number of carbonyl (C=O) groups excluding carboxylic acids is 1. The van der Waals surface area contributed by atoms with Gasteiger partial charge in [-0.1, -0.05) is 23.7 Å². The molecule has 0 saturated carbocycles. The van der Waals surface area contributed by atoms with E-state index in [1.54, 1.807) is 0 Å². The van der Waals surface area contributed by atoms with Crippen molar-refractivity contribution in [3.8, 4) is 0 Å². The highest BCUT2D eigenvalue weighted by Crippen LogP contribution is 2.13. The molecule has 98 valence electrons. The van der Waals surface area contributed by atoms with Crippen molar-refractivity contribution < 1.29 is 4.79 Å². The molecule has 0 bridgehead atoms. The van der Waals surface area contributed by atoms with Crippen LogP contribution >= 0.6 is 11.6 Å². The van der Waals surface area contributed by atoms with Crippen LogP contribution in [0.4, 0.5) is 0 Å². The topological polar surface area (TPSA) is 32.3 Å². The molecule has 1 saturated heterocycles. The maximum Gasteiger partial charge on any atom is 0.223 e. The molecule has 1 aliphatic heterocycles. The highest BCUT2D eigenvalue weighted by molar-refractivity contribution is 6.30. The fourth-order valence-corrected chi connectivity index (χ4v) is 2.51. The Kier molecular flexibility index (Phi) is 4.61. The van der Waals surface area contributed by atoms with Gasteiger partial charge in [-0.05, 0) is 31.0 Å². The molecule has 1 fully saturated rings. The van der Waals surface area contributed by atoms with Crippen molar-refractivity contribution in [3.05, 3.63) is 34.9 Å². The van der Waals surface area contributed by atoms with Crippen LogP contribution in [-0.4, -0.2) is 36.5 Å². The van der Waals surface area contributed by atoms with Crippen LogP contribution < -0.4 is 5.32 Å². The van der Waals surface area contributed by atoms with E-state index in [4.69, 9.17) is 11.6 Å². The normalized spacial score (nSPS) is 19.9. The molecule has 0 radical (unpaired) electrons. The summed E-state index contributed by atoms with van der Waals surface area (Å²) in [6, 6.07) is 8.02. The molecule has 18 heavy (non-hydrogen) atoms. The fourth-order valence-electron chi connectivity index (χ4n) is 2.30. The maximum absolute atomic E-state index is 12.1. The van der Waals surface area contributed by atoms with E-state index >= 15 is 0 Å². The largest absolute Gasteiger partial charge is 0.337 e. The monoisotopic (exact) mass is 266 g/mol. The van der Waals surface area contributed by atoms with Gasteiger partial charge in [-0.2, -0.15) is 0 Å². The second-order valence-corrected chi connectivity index (χ2v) is 5.21. The molecule has 1 atom stereocenters. The van der Waals surface area contributed by atoms with Crippen LogP contribution in [0.1, 0.15) is 18.9 Å². The molecule has 3 nitrogen and oxygen atoms in total. The van der Waals surface area contributed by atoms with Gasteiger partial charge in [0.1, 0.15) is 0 Å². The molecule has 1 amide bonds. The van der Waals surface area contributed by atoms with Gasteiger partial charge < -0.3 is 10.2 Å². The summed E-state index contributed by atoms with van der Waals surface area (Å²) in [6.07, 6.45) is 1.32. The Bertz CT molecular complexity index is 422. The van der Waals surface area contributed by atoms with Crippen LogP contribution in [0.25, 0.3) is 0 Å². The quantitative estimate of drug-likeness (QED) is 0.909. The minimum atomic E-state index is 0.240. The molecule has 1 aliphatic rings. The Morgan fingerprint density at radius 3 is 3.11 bits per heavy atom. The SMILES string of the molecule is C[C@H]1CNCCN1C(=O)CCc1cccc(Cl)c1. The minimum Gasteiger partial charge on any atom is -0.337 e. The van der Waals surface area contributed by atoms with Crippen molar-refractivity contribution in [2.45, 2.75) is 25.8 Å². The number of hydrogen-bond donors (Lipinski definition) is 1. The Balaban J connectivity index is 1.88. The van der Waals surface area contributed by atoms with E-state index in [1.807, 2.05) is 29.2 Å². The van der Waals surface area contributed by atoms with Gasteiger partial charge in [-0.25, -0.2) is 0 Å². The van der Waals surface area contributed by atoms with Gasteiger partial charge in [0, 0.05) is 37.1 Å². The van der Waals surface area contributed by atoms with Gasteiger partial charge in [0.2, 0.25) is 5.91 Å². The first-order valence-electron chi connectivity index (χ1n) is 6.41. The van der Waals surface area contributed by atoms with Crippen LogP contribution in [0.15, 0.2) is 24.3 Å². The lowest BCUT2D eigenvalue weighted by Gasteiger charge is -2.34. The van der Waals surface area contributed by atoms with Crippen LogP contribution in [0, 0.1) is 0 Å². The van der Waals surface area contributed by atoms with Gasteiger partial charge in [-0.3, -0.25) is 4.79 Å². The number of nitrogens with zero attached hydrogens (tertiary/aromatic N) is 1. The molecule has 2 rings (SSSR count). The third-order valence-corrected chi connectivity index (χ3v) is 3.57. The average molecular weight is 267 g/mol. The molecular formula is C14H19ClN2O. The summed E-state index contributed by atoms with van der Waals surface area (Å²) in [5, 5.41) is 4.02. The summed E-state index contributed by atoms with van der Waals surface area (Å²) < 4.78 is 0. The van der Waals surface area contributed by atoms with E-state index in [0.29, 0.717) is 12.5 Å². The second kappa shape index (κ2) is 6.21. The highest BCUT2D eigenvalue weighted by Gasteiger charge is 2.22. The number of aryl methyl sites for hydroxylation is 1. The van der Waals surface area contributed by atoms with Crippen molar-refractivity contribution in [1.29, 1.82) is 0 Å².